The van der Waals surface area contributed by atoms with E-state index in [0.717, 1.165) is 4.88 Å². The summed E-state index contributed by atoms with van der Waals surface area (Å²) in [5.41, 5.74) is 0.215. The van der Waals surface area contributed by atoms with E-state index in [0.29, 0.717) is 0 Å². The molecule has 0 saturated carbocycles. The van der Waals surface area contributed by atoms with E-state index in [9.17, 15) is 13.2 Å². The number of nitrogens with zero attached hydrogens (tertiary/aromatic N) is 2. The van der Waals surface area contributed by atoms with Gasteiger partial charge in [-0.05, 0) is 19.9 Å². The molecule has 0 aliphatic rings. The predicted octanol–water partition coefficient (Wildman–Crippen LogP) is 1.77. The predicted molar refractivity (Wildman–Crippen MR) is 79.0 cm³/mol. The van der Waals surface area contributed by atoms with E-state index in [-0.39, 0.29) is 22.1 Å². The monoisotopic (exact) mass is 329 g/mol. The first-order chi connectivity index (χ1) is 9.83. The van der Waals surface area contributed by atoms with Crippen LogP contribution in [-0.4, -0.2) is 30.8 Å². The van der Waals surface area contributed by atoms with Crippen LogP contribution in [0.2, 0.25) is 0 Å². The van der Waals surface area contributed by atoms with Crippen LogP contribution in [0.1, 0.15) is 22.2 Å². The molecule has 0 aliphatic carbocycles. The fourth-order valence-electron chi connectivity index (χ4n) is 1.67. The number of thiophene rings is 1. The Bertz CT molecular complexity index is 761. The molecule has 0 spiro atoms. The van der Waals surface area contributed by atoms with Crippen molar-refractivity contribution in [1.29, 1.82) is 0 Å². The van der Waals surface area contributed by atoms with Crippen molar-refractivity contribution in [3.63, 3.8) is 0 Å². The van der Waals surface area contributed by atoms with Crippen LogP contribution in [0.25, 0.3) is 0 Å². The largest absolute Gasteiger partial charge is 0.462 e. The van der Waals surface area contributed by atoms with Crippen LogP contribution in [0.15, 0.2) is 23.4 Å². The fraction of sp³-hybridized carbons (Fsp3) is 0.333. The van der Waals surface area contributed by atoms with Crippen molar-refractivity contribution in [1.82, 2.24) is 9.78 Å². The van der Waals surface area contributed by atoms with Gasteiger partial charge in [0.15, 0.2) is 0 Å². The van der Waals surface area contributed by atoms with Crippen molar-refractivity contribution in [2.24, 2.45) is 7.05 Å². The van der Waals surface area contributed by atoms with Crippen LogP contribution in [0.3, 0.4) is 0 Å². The van der Waals surface area contributed by atoms with Crippen LogP contribution in [0.5, 0.6) is 0 Å². The van der Waals surface area contributed by atoms with Gasteiger partial charge in [-0.3, -0.25) is 9.40 Å². The highest BCUT2D eigenvalue weighted by molar-refractivity contribution is 7.93. The zero-order valence-electron chi connectivity index (χ0n) is 11.8. The van der Waals surface area contributed by atoms with E-state index >= 15 is 0 Å². The van der Waals surface area contributed by atoms with Crippen molar-refractivity contribution in [2.45, 2.75) is 18.7 Å². The second kappa shape index (κ2) is 5.86. The second-order valence-corrected chi connectivity index (χ2v) is 7.21. The summed E-state index contributed by atoms with van der Waals surface area (Å²) in [5.74, 6) is -0.550. The molecule has 0 fully saturated rings. The number of aromatic nitrogens is 2. The van der Waals surface area contributed by atoms with Gasteiger partial charge in [-0.2, -0.15) is 5.10 Å². The molecule has 2 heterocycles. The maximum absolute atomic E-state index is 12.2. The highest BCUT2D eigenvalue weighted by atomic mass is 32.2. The minimum atomic E-state index is -3.78. The van der Waals surface area contributed by atoms with Crippen LogP contribution >= 0.6 is 11.3 Å². The van der Waals surface area contributed by atoms with Crippen molar-refractivity contribution in [3.8, 4) is 0 Å². The highest BCUT2D eigenvalue weighted by Gasteiger charge is 2.22. The lowest BCUT2D eigenvalue weighted by Crippen LogP contribution is -2.14. The summed E-state index contributed by atoms with van der Waals surface area (Å²) in [6.07, 6.45) is 2.62. The van der Waals surface area contributed by atoms with E-state index in [1.807, 2.05) is 0 Å². The smallest absolute Gasteiger partial charge is 0.341 e. The van der Waals surface area contributed by atoms with Gasteiger partial charge in [0.05, 0.1) is 18.4 Å². The number of carbonyl (C=O) groups is 1. The Morgan fingerprint density at radius 3 is 2.81 bits per heavy atom. The van der Waals surface area contributed by atoms with E-state index in [4.69, 9.17) is 4.74 Å². The molecule has 0 bridgehead atoms. The Morgan fingerprint density at radius 2 is 2.24 bits per heavy atom. The van der Waals surface area contributed by atoms with Crippen molar-refractivity contribution < 1.29 is 17.9 Å². The van der Waals surface area contributed by atoms with E-state index in [2.05, 4.69) is 9.82 Å². The third-order valence-electron chi connectivity index (χ3n) is 2.57. The highest BCUT2D eigenvalue weighted by Crippen LogP contribution is 2.30. The third kappa shape index (κ3) is 3.42. The summed E-state index contributed by atoms with van der Waals surface area (Å²) in [5, 5.41) is 4.07. The lowest BCUT2D eigenvalue weighted by molar-refractivity contribution is 0.0528. The van der Waals surface area contributed by atoms with E-state index in [1.54, 1.807) is 27.0 Å². The van der Waals surface area contributed by atoms with Gasteiger partial charge in [-0.25, -0.2) is 13.2 Å². The number of nitrogens with one attached hydrogen (secondary N) is 1. The standard InChI is InChI=1S/C12H15N3O4S2/c1-4-19-12(16)10-5-8(2)20-11(10)14-21(17,18)9-6-13-15(3)7-9/h5-7,14H,4H2,1-3H3. The first-order valence-electron chi connectivity index (χ1n) is 6.12. The maximum Gasteiger partial charge on any atom is 0.341 e. The topological polar surface area (TPSA) is 90.3 Å². The molecule has 0 aromatic carbocycles. The Kier molecular flexibility index (Phi) is 4.33. The van der Waals surface area contributed by atoms with Gasteiger partial charge >= 0.3 is 5.97 Å². The summed E-state index contributed by atoms with van der Waals surface area (Å²) in [6.45, 7) is 3.70. The fourth-order valence-corrected chi connectivity index (χ4v) is 3.86. The first-order valence-corrected chi connectivity index (χ1v) is 8.42. The Hall–Kier alpha value is -1.87. The molecule has 2 aromatic rings. The van der Waals surface area contributed by atoms with Crippen LogP contribution in [-0.2, 0) is 21.8 Å². The summed E-state index contributed by atoms with van der Waals surface area (Å²) < 4.78 is 33.2. The third-order valence-corrected chi connectivity index (χ3v) is 4.97. The summed E-state index contributed by atoms with van der Waals surface area (Å²) in [6, 6.07) is 1.60. The second-order valence-electron chi connectivity index (χ2n) is 4.28. The lowest BCUT2D eigenvalue weighted by Gasteiger charge is -2.06. The number of hydrogen-bond acceptors (Lipinski definition) is 6. The molecule has 21 heavy (non-hydrogen) atoms. The molecule has 1 N–H and O–H groups in total. The van der Waals surface area contributed by atoms with Gasteiger partial charge in [0.2, 0.25) is 0 Å². The molecule has 2 aromatic heterocycles. The number of hydrogen-bond donors (Lipinski definition) is 1. The van der Waals surface area contributed by atoms with Crippen LogP contribution in [0.4, 0.5) is 5.00 Å². The zero-order valence-corrected chi connectivity index (χ0v) is 13.4. The number of esters is 1. The molecule has 2 rings (SSSR count). The number of sulfonamides is 1. The van der Waals surface area contributed by atoms with Gasteiger partial charge in [-0.1, -0.05) is 0 Å². The van der Waals surface area contributed by atoms with E-state index in [1.165, 1.54) is 28.4 Å². The maximum atomic E-state index is 12.2. The van der Waals surface area contributed by atoms with Crippen LogP contribution in [0, 0.1) is 6.92 Å². The minimum Gasteiger partial charge on any atom is -0.462 e. The first kappa shape index (κ1) is 15.5. The van der Waals surface area contributed by atoms with Crippen molar-refractivity contribution in [2.75, 3.05) is 11.3 Å². The molecule has 0 amide bonds. The molecular weight excluding hydrogens is 314 g/mol. The Labute approximate surface area is 126 Å². The molecule has 9 heteroatoms. The summed E-state index contributed by atoms with van der Waals surface area (Å²) in [7, 11) is -2.16. The average molecular weight is 329 g/mol. The average Bonchev–Trinajstić information content (AvgIpc) is 2.96. The zero-order chi connectivity index (χ0) is 15.6. The molecule has 0 saturated heterocycles. The van der Waals surface area contributed by atoms with E-state index < -0.39 is 16.0 Å². The van der Waals surface area contributed by atoms with Crippen molar-refractivity contribution in [3.05, 3.63) is 28.9 Å². The minimum absolute atomic E-state index is 0.0332. The molecule has 0 radical (unpaired) electrons. The SMILES string of the molecule is CCOC(=O)c1cc(C)sc1NS(=O)(=O)c1cnn(C)c1. The molecule has 7 nitrogen and oxygen atoms in total. The number of rotatable bonds is 5. The molecule has 114 valence electrons. The lowest BCUT2D eigenvalue weighted by atomic mass is 10.3. The normalized spacial score (nSPS) is 11.4. The van der Waals surface area contributed by atoms with Gasteiger partial charge in [0.25, 0.3) is 10.0 Å². The molecule has 0 unspecified atom stereocenters. The van der Waals surface area contributed by atoms with Gasteiger partial charge in [0.1, 0.15) is 9.90 Å². The van der Waals surface area contributed by atoms with Crippen molar-refractivity contribution >= 4 is 32.3 Å². The Balaban J connectivity index is 2.33. The van der Waals surface area contributed by atoms with Gasteiger partial charge < -0.3 is 4.74 Å². The quantitative estimate of drug-likeness (QED) is 0.844. The van der Waals surface area contributed by atoms with Gasteiger partial charge in [0, 0.05) is 18.1 Å². The molecular formula is C12H15N3O4S2. The number of aryl methyl sites for hydroxylation is 2. The summed E-state index contributed by atoms with van der Waals surface area (Å²) in [4.78, 5) is 12.7. The summed E-state index contributed by atoms with van der Waals surface area (Å²) >= 11 is 1.18. The number of ether oxygens (including phenoxy) is 1. The van der Waals surface area contributed by atoms with Crippen LogP contribution < -0.4 is 4.72 Å². The molecule has 0 aliphatic heterocycles. The van der Waals surface area contributed by atoms with Gasteiger partial charge in [-0.15, -0.1) is 11.3 Å². The number of anilines is 1. The molecule has 0 atom stereocenters. The number of carbonyl (C=O) groups excluding carboxylic acids is 1. The Morgan fingerprint density at radius 1 is 1.52 bits per heavy atom.